The Morgan fingerprint density at radius 3 is 2.22 bits per heavy atom. The lowest BCUT2D eigenvalue weighted by Crippen LogP contribution is -2.30. The predicted octanol–water partition coefficient (Wildman–Crippen LogP) is 4.45. The molecule has 0 saturated carbocycles. The highest BCUT2D eigenvalue weighted by Gasteiger charge is 2.43. The first-order valence-electron chi connectivity index (χ1n) is 7.06. The van der Waals surface area contributed by atoms with E-state index in [0.29, 0.717) is 0 Å². The molecule has 0 N–H and O–H groups in total. The fourth-order valence-electron chi connectivity index (χ4n) is 2.35. The predicted molar refractivity (Wildman–Crippen MR) is 79.3 cm³/mol. The summed E-state index contributed by atoms with van der Waals surface area (Å²) in [6, 6.07) is -0.149. The van der Waals surface area contributed by atoms with Crippen LogP contribution in [0.3, 0.4) is 0 Å². The topological polar surface area (TPSA) is 23.6 Å². The van der Waals surface area contributed by atoms with Crippen LogP contribution in [0.25, 0.3) is 0 Å². The SMILES string of the molecule is CCCCCC1C(=O)N(Br)C(CCCCC)N1Cl. The first kappa shape index (κ1) is 16.3. The lowest BCUT2D eigenvalue weighted by atomic mass is 10.1. The van der Waals surface area contributed by atoms with Crippen molar-refractivity contribution in [2.75, 3.05) is 0 Å². The Balaban J connectivity index is 2.48. The molecular weight excluding hydrogens is 316 g/mol. The first-order chi connectivity index (χ1) is 8.63. The standard InChI is InChI=1S/C13H24BrClN2O/c1-3-5-7-9-11-13(18)16(14)12(17(11)15)10-8-6-4-2/h11-12H,3-10H2,1-2H3. The Hall–Kier alpha value is 0.200. The van der Waals surface area contributed by atoms with E-state index in [1.165, 1.54) is 19.3 Å². The van der Waals surface area contributed by atoms with Gasteiger partial charge in [-0.1, -0.05) is 46.0 Å². The van der Waals surface area contributed by atoms with Gasteiger partial charge in [-0.05, 0) is 31.0 Å². The van der Waals surface area contributed by atoms with Gasteiger partial charge in [-0.3, -0.25) is 8.72 Å². The molecule has 0 aromatic rings. The zero-order chi connectivity index (χ0) is 13.5. The maximum absolute atomic E-state index is 12.1. The Morgan fingerprint density at radius 1 is 1.11 bits per heavy atom. The van der Waals surface area contributed by atoms with Gasteiger partial charge in [0.25, 0.3) is 5.91 Å². The van der Waals surface area contributed by atoms with Crippen LogP contribution in [-0.2, 0) is 4.79 Å². The summed E-state index contributed by atoms with van der Waals surface area (Å²) < 4.78 is 3.37. The molecule has 0 aliphatic carbocycles. The average molecular weight is 340 g/mol. The van der Waals surface area contributed by atoms with Crippen molar-refractivity contribution in [2.24, 2.45) is 0 Å². The molecule has 0 spiro atoms. The van der Waals surface area contributed by atoms with Crippen LogP contribution in [0.1, 0.15) is 65.2 Å². The number of hydrogen-bond donors (Lipinski definition) is 0. The summed E-state index contributed by atoms with van der Waals surface area (Å²) in [5, 5.41) is 0. The largest absolute Gasteiger partial charge is 0.272 e. The lowest BCUT2D eigenvalue weighted by molar-refractivity contribution is -0.125. The monoisotopic (exact) mass is 338 g/mol. The Bertz CT molecular complexity index is 265. The van der Waals surface area contributed by atoms with Gasteiger partial charge in [0.2, 0.25) is 0 Å². The van der Waals surface area contributed by atoms with Gasteiger partial charge in [0, 0.05) is 0 Å². The summed E-state index contributed by atoms with van der Waals surface area (Å²) in [5.41, 5.74) is 0. The molecular formula is C13H24BrClN2O. The number of unbranched alkanes of at least 4 members (excludes halogenated alkanes) is 4. The summed E-state index contributed by atoms with van der Waals surface area (Å²) in [4.78, 5) is 12.1. The molecule has 1 rings (SSSR count). The fourth-order valence-corrected chi connectivity index (χ4v) is 3.46. The number of halogens is 2. The van der Waals surface area contributed by atoms with Gasteiger partial charge in [0.05, 0.1) is 16.1 Å². The third kappa shape index (κ3) is 4.10. The van der Waals surface area contributed by atoms with E-state index in [4.69, 9.17) is 11.8 Å². The number of nitrogens with zero attached hydrogens (tertiary/aromatic N) is 2. The van der Waals surface area contributed by atoms with E-state index in [-0.39, 0.29) is 18.1 Å². The first-order valence-corrected chi connectivity index (χ1v) is 8.11. The van der Waals surface area contributed by atoms with Crippen molar-refractivity contribution >= 4 is 33.8 Å². The minimum absolute atomic E-state index is 0.0114. The lowest BCUT2D eigenvalue weighted by Gasteiger charge is -2.22. The van der Waals surface area contributed by atoms with E-state index >= 15 is 0 Å². The highest BCUT2D eigenvalue weighted by Crippen LogP contribution is 2.32. The molecule has 3 nitrogen and oxygen atoms in total. The van der Waals surface area contributed by atoms with E-state index in [1.54, 1.807) is 8.34 Å². The van der Waals surface area contributed by atoms with Gasteiger partial charge in [-0.25, -0.2) is 0 Å². The Labute approximate surface area is 124 Å². The summed E-state index contributed by atoms with van der Waals surface area (Å²) in [7, 11) is 0. The van der Waals surface area contributed by atoms with Crippen molar-refractivity contribution < 1.29 is 4.79 Å². The normalized spacial score (nSPS) is 25.1. The third-order valence-electron chi connectivity index (χ3n) is 3.49. The number of carbonyl (C=O) groups is 1. The average Bonchev–Trinajstić information content (AvgIpc) is 2.56. The van der Waals surface area contributed by atoms with Crippen LogP contribution < -0.4 is 0 Å². The smallest absolute Gasteiger partial charge is 0.252 e. The van der Waals surface area contributed by atoms with Crippen molar-refractivity contribution in [1.82, 2.24) is 8.34 Å². The molecule has 2 unspecified atom stereocenters. The molecule has 1 fully saturated rings. The summed E-state index contributed by atoms with van der Waals surface area (Å²) in [5.74, 6) is 0.114. The van der Waals surface area contributed by atoms with Crippen LogP contribution in [0.15, 0.2) is 0 Å². The summed E-state index contributed by atoms with van der Waals surface area (Å²) >= 11 is 9.70. The van der Waals surface area contributed by atoms with E-state index in [9.17, 15) is 4.79 Å². The van der Waals surface area contributed by atoms with Crippen molar-refractivity contribution in [1.29, 1.82) is 0 Å². The number of carbonyl (C=O) groups excluding carboxylic acids is 1. The zero-order valence-electron chi connectivity index (χ0n) is 11.4. The second-order valence-corrected chi connectivity index (χ2v) is 6.14. The minimum Gasteiger partial charge on any atom is -0.272 e. The Kier molecular flexibility index (Phi) is 7.57. The summed E-state index contributed by atoms with van der Waals surface area (Å²) in [6.07, 6.45) is 8.71. The molecule has 1 amide bonds. The molecule has 5 heteroatoms. The highest BCUT2D eigenvalue weighted by molar-refractivity contribution is 9.07. The molecule has 0 aromatic heterocycles. The van der Waals surface area contributed by atoms with Gasteiger partial charge in [0.15, 0.2) is 0 Å². The molecule has 0 aromatic carbocycles. The van der Waals surface area contributed by atoms with E-state index < -0.39 is 0 Å². The molecule has 1 aliphatic rings. The van der Waals surface area contributed by atoms with Crippen molar-refractivity contribution in [3.8, 4) is 0 Å². The van der Waals surface area contributed by atoms with Crippen LogP contribution in [0.4, 0.5) is 0 Å². The zero-order valence-corrected chi connectivity index (χ0v) is 13.7. The molecule has 1 heterocycles. The molecule has 1 aliphatic heterocycles. The third-order valence-corrected chi connectivity index (χ3v) is 4.77. The highest BCUT2D eigenvalue weighted by atomic mass is 79.9. The summed E-state index contributed by atoms with van der Waals surface area (Å²) in [6.45, 7) is 4.34. The number of hydrogen-bond acceptors (Lipinski definition) is 2. The molecule has 18 heavy (non-hydrogen) atoms. The van der Waals surface area contributed by atoms with E-state index in [1.807, 2.05) is 0 Å². The second kappa shape index (κ2) is 8.39. The quantitative estimate of drug-likeness (QED) is 0.482. The molecule has 1 saturated heterocycles. The van der Waals surface area contributed by atoms with Crippen molar-refractivity contribution in [3.05, 3.63) is 0 Å². The van der Waals surface area contributed by atoms with Crippen LogP contribution in [-0.4, -0.2) is 26.5 Å². The van der Waals surface area contributed by atoms with E-state index in [0.717, 1.165) is 32.1 Å². The Morgan fingerprint density at radius 2 is 1.67 bits per heavy atom. The molecule has 2 atom stereocenters. The van der Waals surface area contributed by atoms with Gasteiger partial charge in [-0.15, -0.1) is 0 Å². The van der Waals surface area contributed by atoms with E-state index in [2.05, 4.69) is 30.0 Å². The van der Waals surface area contributed by atoms with Gasteiger partial charge >= 0.3 is 0 Å². The molecule has 106 valence electrons. The van der Waals surface area contributed by atoms with Crippen LogP contribution in [0.2, 0.25) is 0 Å². The van der Waals surface area contributed by atoms with Crippen molar-refractivity contribution in [3.63, 3.8) is 0 Å². The molecule has 0 radical (unpaired) electrons. The van der Waals surface area contributed by atoms with Crippen LogP contribution in [0, 0.1) is 0 Å². The van der Waals surface area contributed by atoms with Crippen LogP contribution in [0.5, 0.6) is 0 Å². The van der Waals surface area contributed by atoms with Gasteiger partial charge < -0.3 is 0 Å². The van der Waals surface area contributed by atoms with Crippen LogP contribution >= 0.6 is 27.9 Å². The van der Waals surface area contributed by atoms with Crippen molar-refractivity contribution in [2.45, 2.75) is 77.4 Å². The maximum Gasteiger partial charge on any atom is 0.252 e. The second-order valence-electron chi connectivity index (χ2n) is 4.98. The van der Waals surface area contributed by atoms with Gasteiger partial charge in [-0.2, -0.15) is 4.42 Å². The minimum atomic E-state index is -0.149. The molecule has 0 bridgehead atoms. The fraction of sp³-hybridized carbons (Fsp3) is 0.923. The number of amides is 1. The number of rotatable bonds is 8. The van der Waals surface area contributed by atoms with Gasteiger partial charge in [0.1, 0.15) is 12.2 Å². The maximum atomic E-state index is 12.1.